The molecule has 6 nitrogen and oxygen atoms in total. The molecule has 0 atom stereocenters. The van der Waals surface area contributed by atoms with Crippen molar-refractivity contribution < 1.29 is 4.79 Å². The molecule has 1 N–H and O–H groups in total. The molecule has 0 aliphatic heterocycles. The summed E-state index contributed by atoms with van der Waals surface area (Å²) >= 11 is 0. The minimum Gasteiger partial charge on any atom is -0.349 e. The molecule has 2 aromatic carbocycles. The summed E-state index contributed by atoms with van der Waals surface area (Å²) in [6.07, 6.45) is 1.52. The number of aryl methyl sites for hydroxylation is 1. The van der Waals surface area contributed by atoms with Crippen molar-refractivity contribution in [3.63, 3.8) is 0 Å². The zero-order chi connectivity index (χ0) is 18.1. The number of amides is 1. The lowest BCUT2D eigenvalue weighted by molar-refractivity contribution is 0.0944. The van der Waals surface area contributed by atoms with Gasteiger partial charge < -0.3 is 9.88 Å². The Hall–Kier alpha value is -3.41. The van der Waals surface area contributed by atoms with Gasteiger partial charge in [-0.1, -0.05) is 30.3 Å². The zero-order valence-corrected chi connectivity index (χ0v) is 14.3. The summed E-state index contributed by atoms with van der Waals surface area (Å²) in [5.74, 6) is -0.162. The largest absolute Gasteiger partial charge is 0.349 e. The van der Waals surface area contributed by atoms with Gasteiger partial charge in [-0.05, 0) is 24.3 Å². The van der Waals surface area contributed by atoms with Gasteiger partial charge in [0, 0.05) is 31.0 Å². The second kappa shape index (κ2) is 6.48. The van der Waals surface area contributed by atoms with E-state index in [4.69, 9.17) is 0 Å². The predicted octanol–water partition coefficient (Wildman–Crippen LogP) is 2.32. The third kappa shape index (κ3) is 2.75. The quantitative estimate of drug-likeness (QED) is 0.616. The van der Waals surface area contributed by atoms with Crippen molar-refractivity contribution in [1.82, 2.24) is 19.4 Å². The van der Waals surface area contributed by atoms with Gasteiger partial charge in [0.25, 0.3) is 11.5 Å². The number of aromatic nitrogens is 3. The fourth-order valence-corrected chi connectivity index (χ4v) is 3.15. The Morgan fingerprint density at radius 2 is 1.88 bits per heavy atom. The van der Waals surface area contributed by atoms with Crippen LogP contribution in [-0.4, -0.2) is 26.6 Å². The molecule has 0 saturated heterocycles. The van der Waals surface area contributed by atoms with Crippen LogP contribution in [0.15, 0.2) is 65.7 Å². The first kappa shape index (κ1) is 16.1. The van der Waals surface area contributed by atoms with E-state index in [1.807, 2.05) is 60.1 Å². The number of carbonyl (C=O) groups excluding carboxylic acids is 1. The van der Waals surface area contributed by atoms with Crippen LogP contribution in [0.1, 0.15) is 10.5 Å². The van der Waals surface area contributed by atoms with Gasteiger partial charge in [0.1, 0.15) is 5.69 Å². The molecule has 130 valence electrons. The van der Waals surface area contributed by atoms with E-state index in [9.17, 15) is 9.59 Å². The van der Waals surface area contributed by atoms with Gasteiger partial charge in [0.15, 0.2) is 0 Å². The van der Waals surface area contributed by atoms with Crippen LogP contribution in [-0.2, 0) is 13.6 Å². The summed E-state index contributed by atoms with van der Waals surface area (Å²) in [4.78, 5) is 29.2. The van der Waals surface area contributed by atoms with E-state index in [-0.39, 0.29) is 11.5 Å². The van der Waals surface area contributed by atoms with Crippen molar-refractivity contribution in [2.24, 2.45) is 7.05 Å². The van der Waals surface area contributed by atoms with Gasteiger partial charge in [-0.3, -0.25) is 14.2 Å². The highest BCUT2D eigenvalue weighted by Gasteiger charge is 2.12. The van der Waals surface area contributed by atoms with Crippen LogP contribution in [0.3, 0.4) is 0 Å². The highest BCUT2D eigenvalue weighted by Crippen LogP contribution is 2.18. The molecule has 0 spiro atoms. The maximum Gasteiger partial charge on any atom is 0.267 e. The highest BCUT2D eigenvalue weighted by molar-refractivity contribution is 5.98. The van der Waals surface area contributed by atoms with Gasteiger partial charge in [0.2, 0.25) is 0 Å². The van der Waals surface area contributed by atoms with E-state index in [1.54, 1.807) is 6.07 Å². The molecular weight excluding hydrogens is 328 g/mol. The maximum atomic E-state index is 12.5. The third-order valence-corrected chi connectivity index (χ3v) is 4.55. The van der Waals surface area contributed by atoms with E-state index in [1.165, 1.54) is 10.9 Å². The van der Waals surface area contributed by atoms with Crippen LogP contribution in [0.5, 0.6) is 0 Å². The smallest absolute Gasteiger partial charge is 0.267 e. The Kier molecular flexibility index (Phi) is 4.01. The predicted molar refractivity (Wildman–Crippen MR) is 101 cm³/mol. The lowest BCUT2D eigenvalue weighted by atomic mass is 10.2. The van der Waals surface area contributed by atoms with Crippen molar-refractivity contribution in [2.45, 2.75) is 6.54 Å². The molecule has 26 heavy (non-hydrogen) atoms. The fraction of sp³-hybridized carbons (Fsp3) is 0.150. The van der Waals surface area contributed by atoms with Gasteiger partial charge in [-0.25, -0.2) is 4.98 Å². The van der Waals surface area contributed by atoms with Crippen LogP contribution < -0.4 is 10.9 Å². The Bertz CT molecular complexity index is 1170. The molecule has 0 aliphatic carbocycles. The van der Waals surface area contributed by atoms with E-state index >= 15 is 0 Å². The Morgan fingerprint density at radius 3 is 2.73 bits per heavy atom. The standard InChI is InChI=1S/C20H18N4O2/c1-23-17-9-5-2-6-14(17)12-18(23)19(25)21-10-11-24-13-22-16-8-4-3-7-15(16)20(24)26/h2-9,12-13H,10-11H2,1H3,(H,21,25). The number of benzene rings is 2. The van der Waals surface area contributed by atoms with Gasteiger partial charge >= 0.3 is 0 Å². The van der Waals surface area contributed by atoms with Gasteiger partial charge in [-0.2, -0.15) is 0 Å². The summed E-state index contributed by atoms with van der Waals surface area (Å²) in [5, 5.41) is 4.48. The Balaban J connectivity index is 1.49. The zero-order valence-electron chi connectivity index (χ0n) is 14.3. The third-order valence-electron chi connectivity index (χ3n) is 4.55. The van der Waals surface area contributed by atoms with E-state index in [2.05, 4.69) is 10.3 Å². The summed E-state index contributed by atoms with van der Waals surface area (Å²) in [6, 6.07) is 17.0. The number of hydrogen-bond acceptors (Lipinski definition) is 3. The van der Waals surface area contributed by atoms with Crippen molar-refractivity contribution in [2.75, 3.05) is 6.54 Å². The average Bonchev–Trinajstić information content (AvgIpc) is 3.01. The van der Waals surface area contributed by atoms with Crippen LogP contribution in [0.2, 0.25) is 0 Å². The summed E-state index contributed by atoms with van der Waals surface area (Å²) in [5.41, 5.74) is 2.17. The van der Waals surface area contributed by atoms with E-state index in [0.717, 1.165) is 10.9 Å². The van der Waals surface area contributed by atoms with Crippen molar-refractivity contribution in [1.29, 1.82) is 0 Å². The number of hydrogen-bond donors (Lipinski definition) is 1. The molecule has 4 rings (SSSR count). The number of fused-ring (bicyclic) bond motifs is 2. The Morgan fingerprint density at radius 1 is 1.12 bits per heavy atom. The summed E-state index contributed by atoms with van der Waals surface area (Å²) in [7, 11) is 1.87. The second-order valence-corrected chi connectivity index (χ2v) is 6.16. The molecule has 0 aliphatic rings. The molecule has 0 unspecified atom stereocenters. The minimum atomic E-state index is -0.162. The molecule has 0 bridgehead atoms. The number of nitrogens with zero attached hydrogens (tertiary/aromatic N) is 3. The molecule has 2 aromatic heterocycles. The van der Waals surface area contributed by atoms with Crippen molar-refractivity contribution >= 4 is 27.7 Å². The molecule has 6 heteroatoms. The summed E-state index contributed by atoms with van der Waals surface area (Å²) in [6.45, 7) is 0.715. The van der Waals surface area contributed by atoms with E-state index < -0.39 is 0 Å². The van der Waals surface area contributed by atoms with Crippen molar-refractivity contribution in [3.8, 4) is 0 Å². The normalized spacial score (nSPS) is 11.1. The van der Waals surface area contributed by atoms with Gasteiger partial charge in [0.05, 0.1) is 17.2 Å². The van der Waals surface area contributed by atoms with E-state index in [0.29, 0.717) is 29.7 Å². The van der Waals surface area contributed by atoms with Crippen LogP contribution in [0.4, 0.5) is 0 Å². The molecule has 0 radical (unpaired) electrons. The molecule has 4 aromatic rings. The maximum absolute atomic E-state index is 12.5. The van der Waals surface area contributed by atoms with Crippen LogP contribution in [0.25, 0.3) is 21.8 Å². The number of para-hydroxylation sites is 2. The van der Waals surface area contributed by atoms with Crippen LogP contribution >= 0.6 is 0 Å². The van der Waals surface area contributed by atoms with Crippen LogP contribution in [0, 0.1) is 0 Å². The summed E-state index contributed by atoms with van der Waals surface area (Å²) < 4.78 is 3.39. The first-order valence-corrected chi connectivity index (χ1v) is 8.42. The van der Waals surface area contributed by atoms with Crippen molar-refractivity contribution in [3.05, 3.63) is 77.0 Å². The number of rotatable bonds is 4. The first-order chi connectivity index (χ1) is 12.6. The molecular formula is C20H18N4O2. The van der Waals surface area contributed by atoms with Gasteiger partial charge in [-0.15, -0.1) is 0 Å². The molecule has 0 fully saturated rings. The fourth-order valence-electron chi connectivity index (χ4n) is 3.15. The molecule has 1 amide bonds. The highest BCUT2D eigenvalue weighted by atomic mass is 16.2. The number of nitrogens with one attached hydrogen (secondary N) is 1. The second-order valence-electron chi connectivity index (χ2n) is 6.16. The monoisotopic (exact) mass is 346 g/mol. The lowest BCUT2D eigenvalue weighted by Gasteiger charge is -2.09. The molecule has 0 saturated carbocycles. The first-order valence-electron chi connectivity index (χ1n) is 8.42. The minimum absolute atomic E-state index is 0.102. The Labute approximate surface area is 149 Å². The topological polar surface area (TPSA) is 68.9 Å². The number of carbonyl (C=O) groups is 1. The average molecular weight is 346 g/mol. The molecule has 2 heterocycles. The SMILES string of the molecule is Cn1c(C(=O)NCCn2cnc3ccccc3c2=O)cc2ccccc21. The lowest BCUT2D eigenvalue weighted by Crippen LogP contribution is -2.31.